The van der Waals surface area contributed by atoms with Gasteiger partial charge in [0, 0.05) is 55.9 Å². The van der Waals surface area contributed by atoms with E-state index in [2.05, 4.69) is 275 Å². The van der Waals surface area contributed by atoms with Crippen molar-refractivity contribution in [2.24, 2.45) is 0 Å². The standard InChI is InChI=1S/C66H47N3/c1-4-16-46(17-5-1)51-42-52(47-18-6-2-7-19-47)44-53(43-51)49-30-35-56(36-31-49)67(57-37-39-58(40-38-57)69-63-25-13-10-22-59(63)60-23-11-14-26-64(60)69)55-33-28-48(29-34-55)50-32-41-66-62(45-50)61-24-12-15-27-65(61)68(66)54-20-8-3-9-21-54/h1-13,15-25,27-45H,14,26H2. The lowest BCUT2D eigenvalue weighted by molar-refractivity contribution is 0.888. The smallest absolute Gasteiger partial charge is 0.0541 e. The normalized spacial score (nSPS) is 12.2. The Bertz CT molecular complexity index is 3780. The molecule has 0 radical (unpaired) electrons. The first-order valence-corrected chi connectivity index (χ1v) is 24.0. The average molecular weight is 882 g/mol. The van der Waals surface area contributed by atoms with Gasteiger partial charge in [-0.3, -0.25) is 0 Å². The van der Waals surface area contributed by atoms with Gasteiger partial charge in [-0.05, 0) is 160 Å². The second kappa shape index (κ2) is 17.1. The van der Waals surface area contributed by atoms with E-state index in [9.17, 15) is 0 Å². The fourth-order valence-corrected chi connectivity index (χ4v) is 10.7. The molecule has 0 saturated carbocycles. The Labute approximate surface area is 402 Å². The molecule has 12 aromatic rings. The van der Waals surface area contributed by atoms with Crippen molar-refractivity contribution < 1.29 is 0 Å². The molecule has 1 aliphatic carbocycles. The van der Waals surface area contributed by atoms with Crippen LogP contribution in [0.25, 0.3) is 94.7 Å². The SMILES string of the molecule is C1=Cc2c(n(-c3ccc(N(c4ccc(-c5cc(-c6ccccc6)cc(-c6ccccc6)c5)cc4)c4ccc(-c5ccc6c(c5)c5ccccc5n6-c5ccccc5)cc4)cc3)c3ccccc23)CC1. The van der Waals surface area contributed by atoms with E-state index in [-0.39, 0.29) is 0 Å². The molecule has 2 aromatic heterocycles. The van der Waals surface area contributed by atoms with Crippen molar-refractivity contribution in [3.05, 3.63) is 266 Å². The van der Waals surface area contributed by atoms with E-state index in [4.69, 9.17) is 0 Å². The summed E-state index contributed by atoms with van der Waals surface area (Å²) in [4.78, 5) is 2.38. The van der Waals surface area contributed by atoms with Crippen molar-refractivity contribution in [1.82, 2.24) is 9.13 Å². The molecule has 0 amide bonds. The topological polar surface area (TPSA) is 13.1 Å². The molecule has 69 heavy (non-hydrogen) atoms. The summed E-state index contributed by atoms with van der Waals surface area (Å²) in [5.41, 5.74) is 21.5. The minimum Gasteiger partial charge on any atom is -0.313 e. The van der Waals surface area contributed by atoms with Gasteiger partial charge in [-0.25, -0.2) is 0 Å². The maximum absolute atomic E-state index is 2.47. The molecule has 0 fully saturated rings. The summed E-state index contributed by atoms with van der Waals surface area (Å²) in [6.07, 6.45) is 6.69. The lowest BCUT2D eigenvalue weighted by Gasteiger charge is -2.26. The van der Waals surface area contributed by atoms with Crippen molar-refractivity contribution in [2.75, 3.05) is 4.90 Å². The maximum Gasteiger partial charge on any atom is 0.0541 e. The first-order valence-electron chi connectivity index (χ1n) is 24.0. The number of fused-ring (bicyclic) bond motifs is 6. The van der Waals surface area contributed by atoms with Crippen LogP contribution in [0.5, 0.6) is 0 Å². The summed E-state index contributed by atoms with van der Waals surface area (Å²) in [6, 6.07) is 90.8. The minimum absolute atomic E-state index is 1.02. The maximum atomic E-state index is 2.47. The first-order chi connectivity index (χ1) is 34.2. The van der Waals surface area contributed by atoms with E-state index < -0.39 is 0 Å². The van der Waals surface area contributed by atoms with Gasteiger partial charge in [0.15, 0.2) is 0 Å². The Morgan fingerprint density at radius 1 is 0.304 bits per heavy atom. The van der Waals surface area contributed by atoms with Crippen molar-refractivity contribution >= 4 is 55.8 Å². The van der Waals surface area contributed by atoms with Crippen LogP contribution in [0.15, 0.2) is 255 Å². The number of nitrogens with zero attached hydrogens (tertiary/aromatic N) is 3. The van der Waals surface area contributed by atoms with E-state index in [1.54, 1.807) is 0 Å². The highest BCUT2D eigenvalue weighted by molar-refractivity contribution is 6.10. The van der Waals surface area contributed by atoms with Crippen LogP contribution in [0, 0.1) is 0 Å². The molecule has 0 saturated heterocycles. The molecule has 10 aromatic carbocycles. The van der Waals surface area contributed by atoms with Crippen LogP contribution in [0.2, 0.25) is 0 Å². The van der Waals surface area contributed by atoms with Crippen LogP contribution < -0.4 is 4.90 Å². The van der Waals surface area contributed by atoms with Crippen LogP contribution in [0.1, 0.15) is 17.7 Å². The molecule has 0 aliphatic heterocycles. The molecule has 13 rings (SSSR count). The largest absolute Gasteiger partial charge is 0.313 e. The van der Waals surface area contributed by atoms with E-state index >= 15 is 0 Å². The van der Waals surface area contributed by atoms with Crippen molar-refractivity contribution in [1.29, 1.82) is 0 Å². The van der Waals surface area contributed by atoms with Gasteiger partial charge >= 0.3 is 0 Å². The number of anilines is 3. The van der Waals surface area contributed by atoms with Crippen LogP contribution in [-0.2, 0) is 6.42 Å². The minimum atomic E-state index is 1.02. The summed E-state index contributed by atoms with van der Waals surface area (Å²) in [5, 5.41) is 3.80. The number of benzene rings is 10. The highest BCUT2D eigenvalue weighted by Crippen LogP contribution is 2.41. The molecule has 0 N–H and O–H groups in total. The molecule has 0 unspecified atom stereocenters. The van der Waals surface area contributed by atoms with Gasteiger partial charge in [-0.2, -0.15) is 0 Å². The fourth-order valence-electron chi connectivity index (χ4n) is 10.7. The third-order valence-electron chi connectivity index (χ3n) is 14.0. The lowest BCUT2D eigenvalue weighted by atomic mass is 9.93. The van der Waals surface area contributed by atoms with E-state index in [1.807, 2.05) is 0 Å². The van der Waals surface area contributed by atoms with Gasteiger partial charge in [0.25, 0.3) is 0 Å². The second-order valence-electron chi connectivity index (χ2n) is 18.1. The van der Waals surface area contributed by atoms with Gasteiger partial charge in [-0.15, -0.1) is 0 Å². The van der Waals surface area contributed by atoms with Gasteiger partial charge in [0.05, 0.1) is 16.6 Å². The van der Waals surface area contributed by atoms with Crippen molar-refractivity contribution in [2.45, 2.75) is 12.8 Å². The summed E-state index contributed by atoms with van der Waals surface area (Å²) < 4.78 is 4.84. The number of allylic oxidation sites excluding steroid dienone is 1. The highest BCUT2D eigenvalue weighted by atomic mass is 15.1. The monoisotopic (exact) mass is 881 g/mol. The highest BCUT2D eigenvalue weighted by Gasteiger charge is 2.20. The predicted octanol–water partition coefficient (Wildman–Crippen LogP) is 17.8. The Balaban J connectivity index is 0.901. The zero-order chi connectivity index (χ0) is 45.7. The number of para-hydroxylation sites is 3. The quantitative estimate of drug-likeness (QED) is 0.141. The van der Waals surface area contributed by atoms with Crippen LogP contribution in [0.4, 0.5) is 17.1 Å². The van der Waals surface area contributed by atoms with E-state index in [1.165, 1.54) is 94.2 Å². The Kier molecular flexibility index (Phi) is 9.98. The van der Waals surface area contributed by atoms with Gasteiger partial charge < -0.3 is 14.0 Å². The van der Waals surface area contributed by atoms with Crippen LogP contribution >= 0.6 is 0 Å². The lowest BCUT2D eigenvalue weighted by Crippen LogP contribution is -2.10. The number of hydrogen-bond acceptors (Lipinski definition) is 1. The van der Waals surface area contributed by atoms with Crippen LogP contribution in [0.3, 0.4) is 0 Å². The molecule has 2 heterocycles. The van der Waals surface area contributed by atoms with Crippen molar-refractivity contribution in [3.63, 3.8) is 0 Å². The molecule has 3 heteroatoms. The summed E-state index contributed by atoms with van der Waals surface area (Å²) >= 11 is 0. The molecule has 326 valence electrons. The van der Waals surface area contributed by atoms with E-state index in [0.717, 1.165) is 35.6 Å². The van der Waals surface area contributed by atoms with Crippen LogP contribution in [-0.4, -0.2) is 9.13 Å². The van der Waals surface area contributed by atoms with Gasteiger partial charge in [0.1, 0.15) is 0 Å². The fraction of sp³-hybridized carbons (Fsp3) is 0.0303. The predicted molar refractivity (Wildman–Crippen MR) is 291 cm³/mol. The molecule has 0 atom stereocenters. The third kappa shape index (κ3) is 7.24. The molecular weight excluding hydrogens is 835 g/mol. The molecule has 0 bridgehead atoms. The average Bonchev–Trinajstić information content (AvgIpc) is 3.95. The Morgan fingerprint density at radius 2 is 0.739 bits per heavy atom. The van der Waals surface area contributed by atoms with E-state index in [0.29, 0.717) is 0 Å². The molecule has 1 aliphatic rings. The zero-order valence-electron chi connectivity index (χ0n) is 38.1. The second-order valence-corrected chi connectivity index (χ2v) is 18.1. The number of rotatable bonds is 9. The Morgan fingerprint density at radius 3 is 1.33 bits per heavy atom. The molecule has 3 nitrogen and oxygen atoms in total. The number of hydrogen-bond donors (Lipinski definition) is 0. The summed E-state index contributed by atoms with van der Waals surface area (Å²) in [7, 11) is 0. The third-order valence-corrected chi connectivity index (χ3v) is 14.0. The Hall–Kier alpha value is -8.92. The molecule has 0 spiro atoms. The number of aromatic nitrogens is 2. The first kappa shape index (κ1) is 40.4. The summed E-state index contributed by atoms with van der Waals surface area (Å²) in [6.45, 7) is 0. The van der Waals surface area contributed by atoms with Gasteiger partial charge in [-0.1, -0.05) is 158 Å². The van der Waals surface area contributed by atoms with Gasteiger partial charge in [0.2, 0.25) is 0 Å². The summed E-state index contributed by atoms with van der Waals surface area (Å²) in [5.74, 6) is 0. The molecular formula is C66H47N3. The zero-order valence-corrected chi connectivity index (χ0v) is 38.1. The van der Waals surface area contributed by atoms with Crippen molar-refractivity contribution in [3.8, 4) is 55.9 Å².